The average Bonchev–Trinajstić information content (AvgIpc) is 3.96. The van der Waals surface area contributed by atoms with E-state index in [4.69, 9.17) is 9.97 Å². The van der Waals surface area contributed by atoms with Gasteiger partial charge in [-0.3, -0.25) is 9.55 Å². The number of imidazole rings is 1. The number of pyridine rings is 1. The number of aromatic hydroxyl groups is 1. The van der Waals surface area contributed by atoms with E-state index >= 15 is 0 Å². The standard InChI is InChI=1S/C72H78N3O.Pt/c1-70(2,3)47-33-34-62(55(39-47)44-23-14-11-15-24-44)75-63-30-20-29-50(67(63)74-69(75)60-40-48(71(4,5)6)41-61(68(60)76)72(7,8)9)45-31-32-46-38-57-58(65-53-27-18-16-25-51(53)64(57)52-26-17-19-28-54(52)65)42-59-49(43-21-12-10-13-22-43)35-36-73-66(59)56(46)37-45;/h10-15,20-24,29-36,39-41,51-54,57-58,64-65,76H,16-19,25-28,38,42H2,1-9H3;/q-1;. The molecule has 2 aromatic heterocycles. The van der Waals surface area contributed by atoms with Crippen molar-refractivity contribution in [3.05, 3.63) is 167 Å². The van der Waals surface area contributed by atoms with Crippen LogP contribution in [0, 0.1) is 53.4 Å². The van der Waals surface area contributed by atoms with Crippen molar-refractivity contribution in [1.82, 2.24) is 14.5 Å². The Hall–Kier alpha value is -5.57. The monoisotopic (exact) mass is 1200 g/mol. The molecule has 4 nitrogen and oxygen atoms in total. The Morgan fingerprint density at radius 3 is 1.71 bits per heavy atom. The predicted octanol–water partition coefficient (Wildman–Crippen LogP) is 18.4. The first-order chi connectivity index (χ1) is 36.5. The molecule has 77 heavy (non-hydrogen) atoms. The van der Waals surface area contributed by atoms with Gasteiger partial charge in [0.25, 0.3) is 0 Å². The summed E-state index contributed by atoms with van der Waals surface area (Å²) in [4.78, 5) is 11.3. The molecule has 2 bridgehead atoms. The largest absolute Gasteiger partial charge is 0.507 e. The molecule has 14 rings (SSSR count). The van der Waals surface area contributed by atoms with Crippen LogP contribution in [0.5, 0.6) is 5.75 Å². The van der Waals surface area contributed by atoms with Crippen molar-refractivity contribution in [2.24, 2.45) is 47.3 Å². The Kier molecular flexibility index (Phi) is 13.3. The molecule has 0 aliphatic heterocycles. The molecule has 0 radical (unpaired) electrons. The van der Waals surface area contributed by atoms with E-state index in [0.717, 1.165) is 121 Å². The summed E-state index contributed by atoms with van der Waals surface area (Å²) in [6.45, 7) is 20.2. The van der Waals surface area contributed by atoms with Gasteiger partial charge < -0.3 is 5.11 Å². The molecule has 8 aromatic rings. The maximum absolute atomic E-state index is 12.8. The fourth-order valence-corrected chi connectivity index (χ4v) is 16.3. The second kappa shape index (κ2) is 19.7. The van der Waals surface area contributed by atoms with Gasteiger partial charge in [0, 0.05) is 44.1 Å². The number of phenols is 1. The molecule has 398 valence electrons. The van der Waals surface area contributed by atoms with Gasteiger partial charge in [-0.25, -0.2) is 4.98 Å². The zero-order chi connectivity index (χ0) is 52.4. The molecule has 2 heterocycles. The third-order valence-corrected chi connectivity index (χ3v) is 19.8. The third kappa shape index (κ3) is 8.91. The van der Waals surface area contributed by atoms with Crippen LogP contribution in [-0.4, -0.2) is 19.6 Å². The van der Waals surface area contributed by atoms with Crippen molar-refractivity contribution in [2.75, 3.05) is 0 Å². The molecule has 6 aliphatic carbocycles. The fourth-order valence-electron chi connectivity index (χ4n) is 16.3. The predicted molar refractivity (Wildman–Crippen MR) is 315 cm³/mol. The van der Waals surface area contributed by atoms with E-state index in [1.807, 2.05) is 0 Å². The van der Waals surface area contributed by atoms with Crippen molar-refractivity contribution in [1.29, 1.82) is 0 Å². The first kappa shape index (κ1) is 52.1. The maximum atomic E-state index is 12.8. The Morgan fingerprint density at radius 2 is 1.12 bits per heavy atom. The van der Waals surface area contributed by atoms with Crippen LogP contribution in [0.1, 0.15) is 141 Å². The van der Waals surface area contributed by atoms with E-state index in [1.54, 1.807) is 0 Å². The van der Waals surface area contributed by atoms with Crippen molar-refractivity contribution >= 4 is 11.0 Å². The van der Waals surface area contributed by atoms with Crippen LogP contribution in [-0.2, 0) is 50.2 Å². The van der Waals surface area contributed by atoms with Crippen molar-refractivity contribution in [3.63, 3.8) is 0 Å². The van der Waals surface area contributed by atoms with Crippen LogP contribution in [0.2, 0.25) is 0 Å². The SMILES string of the molecule is CC(C)(C)c1ccc(-n2c(-c3cc(C(C)(C)C)cc(C(C)(C)C)c3O)nc3c(-c4[c-]c5c(cc4)CC4C(Cc6c(-c7ccccc7)ccnc6-5)C5C6CCCCC6C4C4CCCCC45)cccc32)c(-c2ccccc2)c1.[Pt]. The van der Waals surface area contributed by atoms with Gasteiger partial charge in [-0.1, -0.05) is 190 Å². The summed E-state index contributed by atoms with van der Waals surface area (Å²) in [7, 11) is 0. The third-order valence-electron chi connectivity index (χ3n) is 19.8. The van der Waals surface area contributed by atoms with Gasteiger partial charge in [-0.15, -0.1) is 29.3 Å². The molecular weight excluding hydrogens is 1120 g/mol. The number of fused-ring (bicyclic) bond motifs is 4. The van der Waals surface area contributed by atoms with Gasteiger partial charge in [0.05, 0.1) is 22.3 Å². The minimum absolute atomic E-state index is 0. The zero-order valence-electron chi connectivity index (χ0n) is 47.0. The number of para-hydroxylation sites is 1. The summed E-state index contributed by atoms with van der Waals surface area (Å²) in [5.41, 5.74) is 18.5. The number of aromatic nitrogens is 3. The number of benzene rings is 6. The van der Waals surface area contributed by atoms with E-state index in [0.29, 0.717) is 11.8 Å². The molecule has 6 unspecified atom stereocenters. The molecule has 6 aliphatic rings. The number of nitrogens with zero attached hydrogens (tertiary/aromatic N) is 3. The Morgan fingerprint density at radius 1 is 0.532 bits per heavy atom. The number of hydrogen-bond donors (Lipinski definition) is 1. The second-order valence-electron chi connectivity index (χ2n) is 27.2. The number of phenolic OH excluding ortho intramolecular Hbond substituents is 1. The first-order valence-corrected chi connectivity index (χ1v) is 29.2. The fraction of sp³-hybridized carbons (Fsp3) is 0.417. The molecule has 0 saturated heterocycles. The molecule has 6 aromatic carbocycles. The summed E-state index contributed by atoms with van der Waals surface area (Å²) >= 11 is 0. The minimum atomic E-state index is -0.320. The van der Waals surface area contributed by atoms with E-state index in [9.17, 15) is 5.11 Å². The van der Waals surface area contributed by atoms with Gasteiger partial charge in [0.1, 0.15) is 11.6 Å². The van der Waals surface area contributed by atoms with Gasteiger partial charge in [-0.2, -0.15) is 0 Å². The smallest absolute Gasteiger partial charge is 0.148 e. The van der Waals surface area contributed by atoms with Gasteiger partial charge in [-0.05, 0) is 159 Å². The second-order valence-corrected chi connectivity index (χ2v) is 27.2. The van der Waals surface area contributed by atoms with E-state index < -0.39 is 0 Å². The van der Waals surface area contributed by atoms with Crippen molar-refractivity contribution in [2.45, 2.75) is 143 Å². The van der Waals surface area contributed by atoms with Gasteiger partial charge >= 0.3 is 0 Å². The van der Waals surface area contributed by atoms with Crippen LogP contribution in [0.15, 0.2) is 134 Å². The maximum Gasteiger partial charge on any atom is 0.148 e. The van der Waals surface area contributed by atoms with Crippen molar-refractivity contribution in [3.8, 4) is 67.5 Å². The molecule has 5 fully saturated rings. The Labute approximate surface area is 473 Å². The van der Waals surface area contributed by atoms with Crippen LogP contribution in [0.3, 0.4) is 0 Å². The number of rotatable bonds is 5. The summed E-state index contributed by atoms with van der Waals surface area (Å²) in [5, 5.41) is 12.8. The summed E-state index contributed by atoms with van der Waals surface area (Å²) in [6.07, 6.45) is 15.7. The summed E-state index contributed by atoms with van der Waals surface area (Å²) in [6, 6.07) is 51.4. The molecule has 0 amide bonds. The quantitative estimate of drug-likeness (QED) is 0.175. The van der Waals surface area contributed by atoms with Crippen LogP contribution < -0.4 is 0 Å². The molecule has 5 saturated carbocycles. The summed E-state index contributed by atoms with van der Waals surface area (Å²) < 4.78 is 2.34. The molecule has 6 atom stereocenters. The van der Waals surface area contributed by atoms with Crippen LogP contribution >= 0.6 is 0 Å². The molecular formula is C72H78N3OPt-. The zero-order valence-corrected chi connectivity index (χ0v) is 49.3. The number of hydrogen-bond acceptors (Lipinski definition) is 3. The normalized spacial score (nSPS) is 23.9. The topological polar surface area (TPSA) is 50.9 Å². The minimum Gasteiger partial charge on any atom is -0.507 e. The average molecular weight is 1200 g/mol. The molecule has 5 heteroatoms. The Balaban J connectivity index is 0.00000596. The van der Waals surface area contributed by atoms with Gasteiger partial charge in [0.15, 0.2) is 0 Å². The summed E-state index contributed by atoms with van der Waals surface area (Å²) in [5.74, 6) is 7.48. The van der Waals surface area contributed by atoms with E-state index in [2.05, 4.69) is 207 Å². The molecule has 1 N–H and O–H groups in total. The molecule has 0 spiro atoms. The van der Waals surface area contributed by atoms with E-state index in [1.165, 1.54) is 79.2 Å². The van der Waals surface area contributed by atoms with Crippen LogP contribution in [0.25, 0.3) is 72.7 Å². The van der Waals surface area contributed by atoms with Gasteiger partial charge in [0.2, 0.25) is 0 Å². The van der Waals surface area contributed by atoms with Crippen LogP contribution in [0.4, 0.5) is 0 Å². The Bertz CT molecular complexity index is 3490. The van der Waals surface area contributed by atoms with E-state index in [-0.39, 0.29) is 43.1 Å². The first-order valence-electron chi connectivity index (χ1n) is 29.2. The van der Waals surface area contributed by atoms with Crippen molar-refractivity contribution < 1.29 is 26.2 Å².